The highest BCUT2D eigenvalue weighted by Crippen LogP contribution is 2.19. The number of anilines is 1. The van der Waals surface area contributed by atoms with E-state index in [1.807, 2.05) is 0 Å². The molecule has 1 rings (SSSR count). The summed E-state index contributed by atoms with van der Waals surface area (Å²) in [5, 5.41) is 4.31. The van der Waals surface area contributed by atoms with Crippen LogP contribution < -0.4 is 16.7 Å². The molecule has 0 spiro atoms. The molecular weight excluding hydrogens is 195 g/mol. The summed E-state index contributed by atoms with van der Waals surface area (Å²) in [6.07, 6.45) is 1.16. The zero-order chi connectivity index (χ0) is 9.84. The largest absolute Gasteiger partial charge is 0.322 e. The average Bonchev–Trinajstić information content (AvgIpc) is 2.10. The lowest BCUT2D eigenvalue weighted by Gasteiger charge is -2.11. The van der Waals surface area contributed by atoms with E-state index in [0.29, 0.717) is 5.69 Å². The molecule has 13 heavy (non-hydrogen) atoms. The molecule has 4 nitrogen and oxygen atoms in total. The van der Waals surface area contributed by atoms with Gasteiger partial charge in [0.1, 0.15) is 12.2 Å². The van der Waals surface area contributed by atoms with Crippen molar-refractivity contribution in [2.75, 3.05) is 5.01 Å². The number of hydrazone groups is 1. The lowest BCUT2D eigenvalue weighted by molar-refractivity contribution is 0.628. The highest BCUT2D eigenvalue weighted by Gasteiger charge is 2.03. The van der Waals surface area contributed by atoms with E-state index < -0.39 is 5.82 Å². The second-order valence-corrected chi connectivity index (χ2v) is 2.68. The van der Waals surface area contributed by atoms with E-state index in [1.165, 1.54) is 12.1 Å². The van der Waals surface area contributed by atoms with Crippen molar-refractivity contribution in [1.82, 2.24) is 0 Å². The highest BCUT2D eigenvalue weighted by molar-refractivity contribution is 6.30. The fourth-order valence-electron chi connectivity index (χ4n) is 0.784. The van der Waals surface area contributed by atoms with Gasteiger partial charge in [-0.05, 0) is 12.1 Å². The molecule has 0 atom stereocenters. The molecular formula is C7H8ClFN4. The Balaban J connectivity index is 2.96. The van der Waals surface area contributed by atoms with E-state index in [-0.39, 0.29) is 5.02 Å². The molecule has 4 N–H and O–H groups in total. The molecule has 0 radical (unpaired) electrons. The Morgan fingerprint density at radius 3 is 2.77 bits per heavy atom. The predicted molar refractivity (Wildman–Crippen MR) is 50.8 cm³/mol. The molecule has 1 aromatic rings. The Bertz CT molecular complexity index is 328. The number of hydrazine groups is 1. The first-order chi connectivity index (χ1) is 6.15. The van der Waals surface area contributed by atoms with Gasteiger partial charge >= 0.3 is 0 Å². The van der Waals surface area contributed by atoms with Crippen molar-refractivity contribution in [3.05, 3.63) is 29.0 Å². The summed E-state index contributed by atoms with van der Waals surface area (Å²) >= 11 is 5.47. The van der Waals surface area contributed by atoms with Crippen LogP contribution in [0.5, 0.6) is 0 Å². The number of nitrogens with two attached hydrogens (primary N) is 2. The zero-order valence-corrected chi connectivity index (χ0v) is 7.37. The first-order valence-electron chi connectivity index (χ1n) is 3.37. The van der Waals surface area contributed by atoms with Gasteiger partial charge in [-0.25, -0.2) is 10.2 Å². The van der Waals surface area contributed by atoms with E-state index in [0.717, 1.165) is 11.3 Å². The maximum atomic E-state index is 12.9. The monoisotopic (exact) mass is 202 g/mol. The van der Waals surface area contributed by atoms with E-state index in [4.69, 9.17) is 23.3 Å². The van der Waals surface area contributed by atoms with Gasteiger partial charge in [-0.2, -0.15) is 5.10 Å². The van der Waals surface area contributed by atoms with Gasteiger partial charge in [0, 0.05) is 6.07 Å². The second kappa shape index (κ2) is 4.06. The van der Waals surface area contributed by atoms with Crippen LogP contribution in [0.4, 0.5) is 10.1 Å². The minimum Gasteiger partial charge on any atom is -0.322 e. The number of rotatable bonds is 2. The normalized spacial score (nSPS) is 10.7. The third-order valence-electron chi connectivity index (χ3n) is 1.39. The van der Waals surface area contributed by atoms with Crippen LogP contribution in [-0.2, 0) is 0 Å². The van der Waals surface area contributed by atoms with Gasteiger partial charge in [0.15, 0.2) is 0 Å². The van der Waals surface area contributed by atoms with Crippen LogP contribution in [0, 0.1) is 5.82 Å². The smallest absolute Gasteiger partial charge is 0.143 e. The fraction of sp³-hybridized carbons (Fsp3) is 0. The van der Waals surface area contributed by atoms with Crippen molar-refractivity contribution in [2.24, 2.45) is 16.8 Å². The van der Waals surface area contributed by atoms with Crippen LogP contribution in [0.15, 0.2) is 23.3 Å². The topological polar surface area (TPSA) is 67.6 Å². The molecule has 0 unspecified atom stereocenters. The third kappa shape index (κ3) is 2.30. The van der Waals surface area contributed by atoms with Gasteiger partial charge < -0.3 is 5.84 Å². The summed E-state index contributed by atoms with van der Waals surface area (Å²) in [5.41, 5.74) is 0.413. The number of hydrogen-bond donors (Lipinski definition) is 2. The maximum Gasteiger partial charge on any atom is 0.143 e. The molecule has 0 aliphatic carbocycles. The van der Waals surface area contributed by atoms with Crippen molar-refractivity contribution in [3.8, 4) is 0 Å². The molecule has 0 aliphatic heterocycles. The molecule has 70 valence electrons. The standard InChI is InChI=1S/C7H8ClFN4/c8-6-2-1-5(3-7(6)9)13(11)4-12-10/h1-4H,10-11H2/b12-4-. The summed E-state index contributed by atoms with van der Waals surface area (Å²) in [4.78, 5) is 0. The van der Waals surface area contributed by atoms with Crippen LogP contribution in [-0.4, -0.2) is 6.34 Å². The Labute approximate surface area is 79.5 Å². The molecule has 0 aliphatic rings. The van der Waals surface area contributed by atoms with Crippen molar-refractivity contribution < 1.29 is 4.39 Å². The number of halogens is 2. The summed E-state index contributed by atoms with van der Waals surface area (Å²) in [6.45, 7) is 0. The quantitative estimate of drug-likeness (QED) is 0.326. The van der Waals surface area contributed by atoms with Gasteiger partial charge in [0.25, 0.3) is 0 Å². The predicted octanol–water partition coefficient (Wildman–Crippen LogP) is 1.06. The van der Waals surface area contributed by atoms with Gasteiger partial charge in [-0.3, -0.25) is 5.01 Å². The lowest BCUT2D eigenvalue weighted by atomic mass is 10.3. The fourth-order valence-corrected chi connectivity index (χ4v) is 0.902. The van der Waals surface area contributed by atoms with Gasteiger partial charge in [-0.15, -0.1) is 0 Å². The molecule has 0 bridgehead atoms. The number of benzene rings is 1. The minimum absolute atomic E-state index is 0.0434. The van der Waals surface area contributed by atoms with Gasteiger partial charge in [-0.1, -0.05) is 11.6 Å². The maximum absolute atomic E-state index is 12.9. The molecule has 0 amide bonds. The van der Waals surface area contributed by atoms with E-state index >= 15 is 0 Å². The summed E-state index contributed by atoms with van der Waals surface area (Å²) in [5.74, 6) is 9.74. The summed E-state index contributed by atoms with van der Waals surface area (Å²) < 4.78 is 12.9. The Morgan fingerprint density at radius 2 is 2.23 bits per heavy atom. The van der Waals surface area contributed by atoms with Crippen molar-refractivity contribution in [2.45, 2.75) is 0 Å². The third-order valence-corrected chi connectivity index (χ3v) is 1.70. The van der Waals surface area contributed by atoms with Crippen molar-refractivity contribution in [1.29, 1.82) is 0 Å². The molecule has 6 heteroatoms. The van der Waals surface area contributed by atoms with Gasteiger partial charge in [0.05, 0.1) is 10.7 Å². The van der Waals surface area contributed by atoms with Crippen LogP contribution in [0.3, 0.4) is 0 Å². The van der Waals surface area contributed by atoms with E-state index in [1.54, 1.807) is 6.07 Å². The number of nitrogens with zero attached hydrogens (tertiary/aromatic N) is 2. The zero-order valence-electron chi connectivity index (χ0n) is 6.61. The SMILES string of the molecule is N/N=C\N(N)c1ccc(Cl)c(F)c1. The average molecular weight is 203 g/mol. The molecule has 1 aromatic carbocycles. The summed E-state index contributed by atoms with van der Waals surface area (Å²) in [7, 11) is 0. The second-order valence-electron chi connectivity index (χ2n) is 2.27. The van der Waals surface area contributed by atoms with Crippen LogP contribution in [0.25, 0.3) is 0 Å². The molecule has 0 heterocycles. The Hall–Kier alpha value is -1.33. The van der Waals surface area contributed by atoms with Crippen LogP contribution in [0.2, 0.25) is 5.02 Å². The number of hydrogen-bond acceptors (Lipinski definition) is 3. The molecule has 0 aromatic heterocycles. The van der Waals surface area contributed by atoms with Crippen molar-refractivity contribution >= 4 is 23.6 Å². The first-order valence-corrected chi connectivity index (χ1v) is 3.75. The Morgan fingerprint density at radius 1 is 1.54 bits per heavy atom. The highest BCUT2D eigenvalue weighted by atomic mass is 35.5. The molecule has 0 saturated carbocycles. The minimum atomic E-state index is -0.542. The molecule has 0 saturated heterocycles. The van der Waals surface area contributed by atoms with Crippen LogP contribution >= 0.6 is 11.6 Å². The molecule has 0 fully saturated rings. The Kier molecular flexibility index (Phi) is 3.05. The first kappa shape index (κ1) is 9.76. The summed E-state index contributed by atoms with van der Waals surface area (Å²) in [6, 6.07) is 4.13. The van der Waals surface area contributed by atoms with Gasteiger partial charge in [0.2, 0.25) is 0 Å². The lowest BCUT2D eigenvalue weighted by Crippen LogP contribution is -2.29. The van der Waals surface area contributed by atoms with Crippen molar-refractivity contribution in [3.63, 3.8) is 0 Å². The van der Waals surface area contributed by atoms with Crippen LogP contribution in [0.1, 0.15) is 0 Å². The van der Waals surface area contributed by atoms with E-state index in [2.05, 4.69) is 5.10 Å². The van der Waals surface area contributed by atoms with E-state index in [9.17, 15) is 4.39 Å².